The standard InChI is InChI=1S/2C19H30N4O6S.2C17H26N4O6S.C4H4O4.ClH/c2*1-5-27-15(24)6-7-16(25)29-14(12-20-19(2,3)4)13-28-18-17(21-30-22-18)23-8-10-26-11-9-23;2*1-17(2,3)18-10-12(27-14(24)5-4-13(22)23)11-26-16-15(19-28-20-16)21-6-8-25-9-7-21;5-3(6)1-2-4(7)8;/h2*6-7,14,20H,5,8-13H2,1-4H3;2*4-5,12,18H,6-11H2,1-3H3,(H,22,23);1-2H,(H,5,6)(H,7,8);1H/b2*7-6-;5-4+;5-4-;2-1-;/t2*14-;2*12-;;/m0000../s1. The van der Waals surface area contributed by atoms with Crippen LogP contribution in [0.1, 0.15) is 96.9 Å². The van der Waals surface area contributed by atoms with E-state index in [-0.39, 0.29) is 74.2 Å². The minimum atomic E-state index is -1.26. The van der Waals surface area contributed by atoms with E-state index in [2.05, 4.69) is 66.1 Å². The smallest absolute Gasteiger partial charge is 0.331 e. The average Bonchev–Trinajstić information content (AvgIpc) is 1.75. The topological polar surface area (TPSA) is 545 Å². The number of carbonyl (C=O) groups excluding carboxylic acids is 6. The van der Waals surface area contributed by atoms with Crippen molar-refractivity contribution in [1.29, 1.82) is 0 Å². The molecule has 0 bridgehead atoms. The lowest BCUT2D eigenvalue weighted by molar-refractivity contribution is -0.145. The Morgan fingerprint density at radius 2 is 0.512 bits per heavy atom. The Balaban J connectivity index is 0.000000416. The number of hydrogen-bond donors (Lipinski definition) is 8. The normalized spacial score (nSPS) is 15.4. The Morgan fingerprint density at radius 1 is 0.328 bits per heavy atom. The van der Waals surface area contributed by atoms with E-state index in [0.717, 1.165) is 95.5 Å². The Morgan fingerprint density at radius 3 is 0.696 bits per heavy atom. The first-order valence-corrected chi connectivity index (χ1v) is 42.2. The zero-order valence-corrected chi connectivity index (χ0v) is 76.5. The lowest BCUT2D eigenvalue weighted by Crippen LogP contribution is -2.44. The molecule has 4 fully saturated rings. The van der Waals surface area contributed by atoms with Crippen LogP contribution in [0.4, 0.5) is 23.3 Å². The Bertz CT molecular complexity index is 3810. The van der Waals surface area contributed by atoms with Crippen molar-refractivity contribution in [3.05, 3.63) is 60.8 Å². The van der Waals surface area contributed by atoms with Crippen LogP contribution >= 0.6 is 59.3 Å². The summed E-state index contributed by atoms with van der Waals surface area (Å²) >= 11 is 4.23. The molecule has 4 aliphatic heterocycles. The third-order valence-electron chi connectivity index (χ3n) is 15.6. The number of carboxylic acid groups (broad SMARTS) is 4. The summed E-state index contributed by atoms with van der Waals surface area (Å²) < 4.78 is 110. The fraction of sp³-hybridized carbons (Fsp3) is 0.632. The Labute approximate surface area is 747 Å². The summed E-state index contributed by atoms with van der Waals surface area (Å²) in [7, 11) is 0. The minimum absolute atomic E-state index is 0. The lowest BCUT2D eigenvalue weighted by Gasteiger charge is -2.27. The molecular weight excluding hydrogens is 1750 g/mol. The summed E-state index contributed by atoms with van der Waals surface area (Å²) in [6.45, 7) is 40.1. The van der Waals surface area contributed by atoms with Crippen LogP contribution in [0.2, 0.25) is 0 Å². The van der Waals surface area contributed by atoms with Crippen molar-refractivity contribution in [2.24, 2.45) is 0 Å². The third kappa shape index (κ3) is 50.1. The summed E-state index contributed by atoms with van der Waals surface area (Å²) in [6, 6.07) is 0. The molecule has 0 unspecified atom stereocenters. The van der Waals surface area contributed by atoms with Crippen molar-refractivity contribution in [2.75, 3.05) is 191 Å². The van der Waals surface area contributed by atoms with Crippen LogP contribution in [0.15, 0.2) is 60.8 Å². The molecule has 0 radical (unpaired) electrons. The van der Waals surface area contributed by atoms with Crippen molar-refractivity contribution in [3.8, 4) is 23.5 Å². The first-order chi connectivity index (χ1) is 58.7. The number of esters is 6. The van der Waals surface area contributed by atoms with Gasteiger partial charge in [0.1, 0.15) is 50.8 Å². The quantitative estimate of drug-likeness (QED) is 0.0178. The summed E-state index contributed by atoms with van der Waals surface area (Å²) in [6.07, 6.45) is 6.05. The molecule has 125 heavy (non-hydrogen) atoms. The number of rotatable bonds is 40. The number of carbonyl (C=O) groups is 10. The Kier molecular flexibility index (Phi) is 50.9. The van der Waals surface area contributed by atoms with Crippen LogP contribution < -0.4 is 59.8 Å². The molecule has 4 aromatic heterocycles. The highest BCUT2D eigenvalue weighted by molar-refractivity contribution is 7.00. The predicted octanol–water partition coefficient (Wildman–Crippen LogP) is 3.87. The summed E-state index contributed by atoms with van der Waals surface area (Å²) in [5.41, 5.74) is -0.732. The summed E-state index contributed by atoms with van der Waals surface area (Å²) in [5.74, 6) is -4.78. The highest BCUT2D eigenvalue weighted by atomic mass is 35.5. The van der Waals surface area contributed by atoms with Gasteiger partial charge in [0.2, 0.25) is 23.3 Å². The SMILES string of the molecule is CC(C)(C)NC[C@@H](COc1nsnc1N1CCOCC1)OC(=O)/C=C/C(=O)O.CC(C)(C)NC[C@@H](COc1nsnc1N1CCOCC1)OC(=O)/C=C\C(=O)O.CCOC(=O)/C=C\C(=O)O[C@@H](CNC(C)(C)C)COc1nsnc1N1CCOCC1.CCOC(=O)/C=C\C(=O)O[C@@H](CNC(C)(C)C)COc1nsnc1N1CCOCC1.Cl.O=C(O)/C=C\C(=O)O. The second kappa shape index (κ2) is 58.3. The first-order valence-electron chi connectivity index (χ1n) is 39.3. The van der Waals surface area contributed by atoms with Gasteiger partial charge in [0.15, 0.2) is 0 Å². The van der Waals surface area contributed by atoms with Gasteiger partial charge in [0, 0.05) is 161 Å². The van der Waals surface area contributed by atoms with E-state index in [9.17, 15) is 47.9 Å². The molecule has 8 rings (SSSR count). The van der Waals surface area contributed by atoms with Crippen LogP contribution in [0.25, 0.3) is 0 Å². The maximum atomic E-state index is 12.1. The molecule has 0 saturated carbocycles. The Hall–Kier alpha value is -9.99. The van der Waals surface area contributed by atoms with Gasteiger partial charge in [0.05, 0.1) is 113 Å². The van der Waals surface area contributed by atoms with Gasteiger partial charge in [-0.2, -0.15) is 17.5 Å². The maximum Gasteiger partial charge on any atom is 0.331 e. The number of ether oxygens (including phenoxy) is 14. The zero-order valence-electron chi connectivity index (χ0n) is 72.5. The molecule has 8 heterocycles. The average molecular weight is 1870 g/mol. The minimum Gasteiger partial charge on any atom is -0.478 e. The van der Waals surface area contributed by atoms with Gasteiger partial charge in [-0.05, 0) is 96.9 Å². The second-order valence-electron chi connectivity index (χ2n) is 30.5. The van der Waals surface area contributed by atoms with Crippen molar-refractivity contribution in [2.45, 2.75) is 144 Å². The van der Waals surface area contributed by atoms with Crippen molar-refractivity contribution >= 4 is 142 Å². The number of anilines is 4. The molecule has 0 spiro atoms. The van der Waals surface area contributed by atoms with E-state index >= 15 is 0 Å². The number of aromatic nitrogens is 8. The number of aliphatic carboxylic acids is 4. The van der Waals surface area contributed by atoms with Gasteiger partial charge in [-0.25, -0.2) is 47.9 Å². The number of morpholine rings is 4. The number of carboxylic acids is 4. The molecule has 0 aromatic carbocycles. The first kappa shape index (κ1) is 109. The maximum absolute atomic E-state index is 12.1. The molecule has 700 valence electrons. The highest BCUT2D eigenvalue weighted by Gasteiger charge is 2.30. The molecule has 4 aromatic rings. The van der Waals surface area contributed by atoms with E-state index < -0.39 is 84.1 Å². The largest absolute Gasteiger partial charge is 0.478 e. The number of halogens is 1. The van der Waals surface area contributed by atoms with Gasteiger partial charge in [-0.15, -0.1) is 29.9 Å². The highest BCUT2D eigenvalue weighted by Crippen LogP contribution is 2.31. The van der Waals surface area contributed by atoms with Crippen molar-refractivity contribution < 1.29 is 135 Å². The molecule has 0 aliphatic carbocycles. The van der Waals surface area contributed by atoms with Gasteiger partial charge < -0.3 is 128 Å². The monoisotopic (exact) mass is 1860 g/mol. The van der Waals surface area contributed by atoms with E-state index in [0.29, 0.717) is 190 Å². The fourth-order valence-electron chi connectivity index (χ4n) is 9.73. The van der Waals surface area contributed by atoms with Crippen molar-refractivity contribution in [1.82, 2.24) is 56.3 Å². The second-order valence-corrected chi connectivity index (χ2v) is 32.6. The van der Waals surface area contributed by atoms with E-state index in [4.69, 9.17) is 86.7 Å². The molecular formula is C76H117ClN16O28S4. The number of hydrogen-bond acceptors (Lipinski definition) is 44. The van der Waals surface area contributed by atoms with E-state index in [1.807, 2.05) is 92.9 Å². The molecule has 4 atom stereocenters. The van der Waals surface area contributed by atoms with Crippen LogP contribution in [-0.2, 0) is 95.3 Å². The molecule has 8 N–H and O–H groups in total. The van der Waals surface area contributed by atoms with E-state index in [1.165, 1.54) is 0 Å². The third-order valence-corrected chi connectivity index (χ3v) is 17.6. The van der Waals surface area contributed by atoms with Gasteiger partial charge >= 0.3 is 59.7 Å². The molecule has 49 heteroatoms. The molecule has 0 amide bonds. The van der Waals surface area contributed by atoms with Crippen LogP contribution in [0.3, 0.4) is 0 Å². The van der Waals surface area contributed by atoms with E-state index in [1.54, 1.807) is 13.8 Å². The summed E-state index contributed by atoms with van der Waals surface area (Å²) in [5, 5.41) is 45.9. The summed E-state index contributed by atoms with van der Waals surface area (Å²) in [4.78, 5) is 119. The lowest BCUT2D eigenvalue weighted by atomic mass is 10.1. The van der Waals surface area contributed by atoms with Gasteiger partial charge in [-0.1, -0.05) is 0 Å². The number of nitrogens with one attached hydrogen (secondary N) is 4. The van der Waals surface area contributed by atoms with Gasteiger partial charge in [-0.3, -0.25) is 0 Å². The van der Waals surface area contributed by atoms with Crippen LogP contribution in [-0.4, -0.2) is 333 Å². The number of nitrogens with zero attached hydrogens (tertiary/aromatic N) is 12. The fourth-order valence-corrected chi connectivity index (χ4v) is 11.8. The van der Waals surface area contributed by atoms with Crippen LogP contribution in [0.5, 0.6) is 23.5 Å². The van der Waals surface area contributed by atoms with Crippen LogP contribution in [0, 0.1) is 0 Å². The molecule has 4 aliphatic rings. The van der Waals surface area contributed by atoms with Gasteiger partial charge in [0.25, 0.3) is 23.5 Å². The predicted molar refractivity (Wildman–Crippen MR) is 461 cm³/mol. The zero-order chi connectivity index (χ0) is 91.7. The van der Waals surface area contributed by atoms with Crippen molar-refractivity contribution in [3.63, 3.8) is 0 Å². The molecule has 44 nitrogen and oxygen atoms in total. The molecule has 4 saturated heterocycles.